The number of rotatable bonds is 10. The highest BCUT2D eigenvalue weighted by atomic mass is 16.7. The van der Waals surface area contributed by atoms with Crippen LogP contribution in [-0.4, -0.2) is 59.1 Å². The average molecular weight is 441 g/mol. The van der Waals surface area contributed by atoms with Crippen molar-refractivity contribution in [1.29, 1.82) is 0 Å². The zero-order chi connectivity index (χ0) is 22.5. The van der Waals surface area contributed by atoms with Crippen molar-refractivity contribution in [3.8, 4) is 5.75 Å². The van der Waals surface area contributed by atoms with Gasteiger partial charge in [0, 0.05) is 25.8 Å². The van der Waals surface area contributed by atoms with Gasteiger partial charge in [0.25, 0.3) is 5.91 Å². The van der Waals surface area contributed by atoms with Gasteiger partial charge in [-0.15, -0.1) is 0 Å². The molecule has 0 radical (unpaired) electrons. The topological polar surface area (TPSA) is 133 Å². The summed E-state index contributed by atoms with van der Waals surface area (Å²) < 4.78 is 18.2. The first kappa shape index (κ1) is 21.6. The summed E-state index contributed by atoms with van der Waals surface area (Å²) in [5.41, 5.74) is 5.31. The predicted octanol–water partition coefficient (Wildman–Crippen LogP) is 2.14. The fourth-order valence-corrected chi connectivity index (χ4v) is 3.06. The molecular formula is C21H23N5O6. The van der Waals surface area contributed by atoms with Gasteiger partial charge in [0.15, 0.2) is 5.58 Å². The van der Waals surface area contributed by atoms with Crippen LogP contribution >= 0.6 is 0 Å². The Bertz CT molecular complexity index is 1230. The number of oxazole rings is 1. The first-order valence-electron chi connectivity index (χ1n) is 9.88. The molecule has 4 rings (SSSR count). The molecule has 3 N–H and O–H groups in total. The summed E-state index contributed by atoms with van der Waals surface area (Å²) in [5, 5.41) is 11.8. The van der Waals surface area contributed by atoms with Crippen LogP contribution in [0.2, 0.25) is 0 Å². The monoisotopic (exact) mass is 441 g/mol. The number of amides is 1. The van der Waals surface area contributed by atoms with Crippen LogP contribution < -0.4 is 15.5 Å². The molecular weight excluding hydrogens is 418 g/mol. The Kier molecular flexibility index (Phi) is 6.50. The zero-order valence-corrected chi connectivity index (χ0v) is 17.6. The van der Waals surface area contributed by atoms with Crippen molar-refractivity contribution in [2.45, 2.75) is 0 Å². The van der Waals surface area contributed by atoms with Gasteiger partial charge >= 0.3 is 6.01 Å². The van der Waals surface area contributed by atoms with E-state index in [4.69, 9.17) is 23.8 Å². The van der Waals surface area contributed by atoms with Gasteiger partial charge in [-0.2, -0.15) is 4.98 Å². The summed E-state index contributed by atoms with van der Waals surface area (Å²) in [5.74, 6) is 0.731. The van der Waals surface area contributed by atoms with Crippen molar-refractivity contribution >= 4 is 40.0 Å². The highest BCUT2D eigenvalue weighted by Gasteiger charge is 2.14. The van der Waals surface area contributed by atoms with Crippen LogP contribution in [0.5, 0.6) is 5.75 Å². The average Bonchev–Trinajstić information content (AvgIpc) is 3.33. The third kappa shape index (κ3) is 4.64. The van der Waals surface area contributed by atoms with E-state index in [1.807, 2.05) is 23.7 Å². The van der Waals surface area contributed by atoms with Gasteiger partial charge < -0.3 is 23.6 Å². The molecule has 0 fully saturated rings. The quantitative estimate of drug-likeness (QED) is 0.250. The van der Waals surface area contributed by atoms with Crippen LogP contribution in [0.25, 0.3) is 22.1 Å². The van der Waals surface area contributed by atoms with Crippen molar-refractivity contribution in [1.82, 2.24) is 20.0 Å². The Morgan fingerprint density at radius 2 is 2.00 bits per heavy atom. The molecule has 32 heavy (non-hydrogen) atoms. The SMILES string of the molecule is COCCOc1ccc2nc(Nc3nc4cc(C(=O)NOCCO)ccc4n3C)oc2c1. The fraction of sp³-hybridized carbons (Fsp3) is 0.286. The minimum atomic E-state index is -0.428. The maximum Gasteiger partial charge on any atom is 0.302 e. The molecule has 2 aromatic carbocycles. The van der Waals surface area contributed by atoms with Gasteiger partial charge in [-0.1, -0.05) is 0 Å². The molecule has 11 nitrogen and oxygen atoms in total. The Balaban J connectivity index is 1.52. The summed E-state index contributed by atoms with van der Waals surface area (Å²) in [4.78, 5) is 26.0. The molecule has 2 aromatic heterocycles. The van der Waals surface area contributed by atoms with Gasteiger partial charge in [0.05, 0.1) is 30.9 Å². The van der Waals surface area contributed by atoms with Gasteiger partial charge in [0.1, 0.15) is 17.9 Å². The summed E-state index contributed by atoms with van der Waals surface area (Å²) in [7, 11) is 3.46. The predicted molar refractivity (Wildman–Crippen MR) is 116 cm³/mol. The highest BCUT2D eigenvalue weighted by molar-refractivity contribution is 5.97. The number of hydroxylamine groups is 1. The lowest BCUT2D eigenvalue weighted by atomic mass is 10.2. The van der Waals surface area contributed by atoms with E-state index >= 15 is 0 Å². The number of hydrogen-bond acceptors (Lipinski definition) is 9. The number of fused-ring (bicyclic) bond motifs is 2. The molecule has 2 heterocycles. The van der Waals surface area contributed by atoms with Crippen LogP contribution in [0.15, 0.2) is 40.8 Å². The van der Waals surface area contributed by atoms with E-state index in [0.29, 0.717) is 47.1 Å². The van der Waals surface area contributed by atoms with Crippen LogP contribution in [0.4, 0.5) is 12.0 Å². The van der Waals surface area contributed by atoms with E-state index in [0.717, 1.165) is 5.52 Å². The lowest BCUT2D eigenvalue weighted by molar-refractivity contribution is 0.0168. The van der Waals surface area contributed by atoms with Crippen molar-refractivity contribution in [2.75, 3.05) is 38.9 Å². The molecule has 0 bridgehead atoms. The summed E-state index contributed by atoms with van der Waals surface area (Å²) in [6.45, 7) is 0.755. The van der Waals surface area contributed by atoms with E-state index in [2.05, 4.69) is 20.8 Å². The molecule has 0 saturated carbocycles. The largest absolute Gasteiger partial charge is 0.491 e. The number of anilines is 2. The summed E-state index contributed by atoms with van der Waals surface area (Å²) in [6.07, 6.45) is 0. The second kappa shape index (κ2) is 9.64. The molecule has 0 saturated heterocycles. The number of nitrogens with zero attached hydrogens (tertiary/aromatic N) is 3. The number of aliphatic hydroxyl groups is 1. The smallest absolute Gasteiger partial charge is 0.302 e. The number of carbonyl (C=O) groups is 1. The molecule has 0 spiro atoms. The Morgan fingerprint density at radius 3 is 2.81 bits per heavy atom. The van der Waals surface area contributed by atoms with E-state index in [1.165, 1.54) is 0 Å². The van der Waals surface area contributed by atoms with Crippen molar-refractivity contribution in [2.24, 2.45) is 7.05 Å². The number of benzene rings is 2. The number of hydrogen-bond donors (Lipinski definition) is 3. The Hall–Kier alpha value is -3.67. The van der Waals surface area contributed by atoms with Crippen LogP contribution in [-0.2, 0) is 16.6 Å². The van der Waals surface area contributed by atoms with E-state index in [9.17, 15) is 4.79 Å². The van der Waals surface area contributed by atoms with E-state index < -0.39 is 5.91 Å². The van der Waals surface area contributed by atoms with Gasteiger partial charge in [-0.05, 0) is 30.3 Å². The number of aryl methyl sites for hydroxylation is 1. The molecule has 0 aliphatic heterocycles. The maximum absolute atomic E-state index is 12.1. The molecule has 0 atom stereocenters. The lowest BCUT2D eigenvalue weighted by Crippen LogP contribution is -2.25. The van der Waals surface area contributed by atoms with Crippen LogP contribution in [0.3, 0.4) is 0 Å². The van der Waals surface area contributed by atoms with Crippen molar-refractivity contribution in [3.63, 3.8) is 0 Å². The molecule has 168 valence electrons. The molecule has 1 amide bonds. The van der Waals surface area contributed by atoms with Crippen molar-refractivity contribution < 1.29 is 28.6 Å². The lowest BCUT2D eigenvalue weighted by Gasteiger charge is -2.04. The number of aromatic nitrogens is 3. The van der Waals surface area contributed by atoms with E-state index in [1.54, 1.807) is 31.4 Å². The number of methoxy groups -OCH3 is 1. The number of imidazole rings is 1. The summed E-state index contributed by atoms with van der Waals surface area (Å²) >= 11 is 0. The second-order valence-electron chi connectivity index (χ2n) is 6.82. The molecule has 11 heteroatoms. The Morgan fingerprint density at radius 1 is 1.12 bits per heavy atom. The minimum absolute atomic E-state index is 0.0108. The first-order valence-corrected chi connectivity index (χ1v) is 9.88. The van der Waals surface area contributed by atoms with Crippen molar-refractivity contribution in [3.05, 3.63) is 42.0 Å². The van der Waals surface area contributed by atoms with Crippen LogP contribution in [0, 0.1) is 0 Å². The molecule has 0 aliphatic carbocycles. The first-order chi connectivity index (χ1) is 15.6. The highest BCUT2D eigenvalue weighted by Crippen LogP contribution is 2.27. The second-order valence-corrected chi connectivity index (χ2v) is 6.82. The van der Waals surface area contributed by atoms with Gasteiger partial charge in [-0.25, -0.2) is 10.5 Å². The van der Waals surface area contributed by atoms with Gasteiger partial charge in [0.2, 0.25) is 5.95 Å². The number of nitrogens with one attached hydrogen (secondary N) is 2. The standard InChI is InChI=1S/C21H23N5O6/c1-26-17-6-3-13(19(28)25-31-8-7-27)11-16(17)22-20(26)24-21-23-15-5-4-14(12-18(15)32-21)30-10-9-29-2/h3-6,11-12,27H,7-10H2,1-2H3,(H,25,28)(H,22,23,24). The number of ether oxygens (including phenoxy) is 2. The van der Waals surface area contributed by atoms with Crippen LogP contribution in [0.1, 0.15) is 10.4 Å². The fourth-order valence-electron chi connectivity index (χ4n) is 3.06. The minimum Gasteiger partial charge on any atom is -0.491 e. The van der Waals surface area contributed by atoms with Gasteiger partial charge in [-0.3, -0.25) is 14.9 Å². The summed E-state index contributed by atoms with van der Waals surface area (Å²) in [6, 6.07) is 10.8. The molecule has 0 aliphatic rings. The number of aliphatic hydroxyl groups excluding tert-OH is 1. The number of carbonyl (C=O) groups excluding carboxylic acids is 1. The Labute approximate surface area is 182 Å². The third-order valence-electron chi connectivity index (χ3n) is 4.64. The zero-order valence-electron chi connectivity index (χ0n) is 17.6. The maximum atomic E-state index is 12.1. The molecule has 4 aromatic rings. The van der Waals surface area contributed by atoms with E-state index in [-0.39, 0.29) is 19.2 Å². The molecule has 0 unspecified atom stereocenters. The normalized spacial score (nSPS) is 11.2. The third-order valence-corrected chi connectivity index (χ3v) is 4.64.